The molecule has 3 aromatic carbocycles. The van der Waals surface area contributed by atoms with Crippen LogP contribution in [0.5, 0.6) is 0 Å². The number of rotatable bonds is 6. The molecule has 0 atom stereocenters. The Hall–Kier alpha value is -3.51. The first-order chi connectivity index (χ1) is 17.1. The van der Waals surface area contributed by atoms with Crippen LogP contribution in [-0.2, 0) is 11.2 Å². The zero-order valence-corrected chi connectivity index (χ0v) is 20.7. The zero-order chi connectivity index (χ0) is 24.2. The Bertz CT molecular complexity index is 1330. The number of carbonyl (C=O) groups is 2. The Morgan fingerprint density at radius 2 is 1.74 bits per heavy atom. The number of hydrogen-bond acceptors (Lipinski definition) is 4. The number of likely N-dealkylation sites (tertiary alicyclic amines) is 1. The first kappa shape index (κ1) is 23.2. The van der Waals surface area contributed by atoms with Crippen LogP contribution >= 0.6 is 11.3 Å². The number of benzene rings is 3. The van der Waals surface area contributed by atoms with Gasteiger partial charge in [0.25, 0.3) is 5.91 Å². The number of nitrogens with one attached hydrogen (secondary N) is 1. The van der Waals surface area contributed by atoms with Crippen molar-refractivity contribution < 1.29 is 9.59 Å². The van der Waals surface area contributed by atoms with Gasteiger partial charge >= 0.3 is 0 Å². The van der Waals surface area contributed by atoms with Crippen LogP contribution in [0.1, 0.15) is 33.8 Å². The number of fused-ring (bicyclic) bond motifs is 1. The summed E-state index contributed by atoms with van der Waals surface area (Å²) in [4.78, 5) is 32.3. The normalized spacial score (nSPS) is 14.3. The Balaban J connectivity index is 1.10. The van der Waals surface area contributed by atoms with Gasteiger partial charge in [-0.15, -0.1) is 11.3 Å². The lowest BCUT2D eigenvalue weighted by molar-refractivity contribution is -0.126. The number of nitrogens with zero attached hydrogens (tertiary/aromatic N) is 2. The second kappa shape index (κ2) is 10.4. The highest BCUT2D eigenvalue weighted by molar-refractivity contribution is 7.09. The Kier molecular flexibility index (Phi) is 6.91. The lowest BCUT2D eigenvalue weighted by atomic mass is 9.94. The number of amides is 2. The number of piperidine rings is 1. The first-order valence-corrected chi connectivity index (χ1v) is 13.0. The van der Waals surface area contributed by atoms with Crippen LogP contribution in [0.2, 0.25) is 0 Å². The van der Waals surface area contributed by atoms with Gasteiger partial charge in [-0.2, -0.15) is 0 Å². The molecule has 1 aliphatic heterocycles. The Morgan fingerprint density at radius 1 is 1.00 bits per heavy atom. The summed E-state index contributed by atoms with van der Waals surface area (Å²) < 4.78 is 0. The summed E-state index contributed by atoms with van der Waals surface area (Å²) in [6, 6.07) is 22.2. The zero-order valence-electron chi connectivity index (χ0n) is 19.9. The first-order valence-electron chi connectivity index (χ1n) is 12.1. The van der Waals surface area contributed by atoms with E-state index >= 15 is 0 Å². The molecule has 0 unspecified atom stereocenters. The SMILES string of the molecule is Cc1nc(-c2ccc(CCNC(=O)C3CCN(C(=O)c4cccc5ccccc45)CC3)cc2)cs1. The van der Waals surface area contributed by atoms with E-state index < -0.39 is 0 Å². The van der Waals surface area contributed by atoms with Crippen LogP contribution < -0.4 is 5.32 Å². The van der Waals surface area contributed by atoms with E-state index in [4.69, 9.17) is 0 Å². The molecule has 5 nitrogen and oxygen atoms in total. The molecule has 1 aromatic heterocycles. The van der Waals surface area contributed by atoms with Gasteiger partial charge in [0.15, 0.2) is 0 Å². The average molecular weight is 484 g/mol. The van der Waals surface area contributed by atoms with Crippen molar-refractivity contribution >= 4 is 33.9 Å². The summed E-state index contributed by atoms with van der Waals surface area (Å²) in [6.07, 6.45) is 2.19. The van der Waals surface area contributed by atoms with Crippen molar-refractivity contribution in [2.75, 3.05) is 19.6 Å². The van der Waals surface area contributed by atoms with E-state index in [2.05, 4.69) is 39.9 Å². The minimum absolute atomic E-state index is 0.0400. The maximum Gasteiger partial charge on any atom is 0.254 e. The summed E-state index contributed by atoms with van der Waals surface area (Å²) in [5, 5.41) is 8.29. The second-order valence-electron chi connectivity index (χ2n) is 9.08. The van der Waals surface area contributed by atoms with Gasteiger partial charge in [-0.25, -0.2) is 4.98 Å². The van der Waals surface area contributed by atoms with Crippen LogP contribution in [0, 0.1) is 12.8 Å². The topological polar surface area (TPSA) is 62.3 Å². The van der Waals surface area contributed by atoms with E-state index in [0.29, 0.717) is 32.5 Å². The van der Waals surface area contributed by atoms with E-state index in [1.165, 1.54) is 5.56 Å². The fourth-order valence-corrected chi connectivity index (χ4v) is 5.36. The molecule has 1 saturated heterocycles. The number of aryl methyl sites for hydroxylation is 1. The summed E-state index contributed by atoms with van der Waals surface area (Å²) in [6.45, 7) is 3.84. The minimum Gasteiger partial charge on any atom is -0.356 e. The molecule has 5 rings (SSSR count). The van der Waals surface area contributed by atoms with E-state index in [1.54, 1.807) is 11.3 Å². The molecule has 1 N–H and O–H groups in total. The van der Waals surface area contributed by atoms with Gasteiger partial charge in [0, 0.05) is 42.1 Å². The molecule has 178 valence electrons. The maximum absolute atomic E-state index is 13.2. The molecule has 0 bridgehead atoms. The largest absolute Gasteiger partial charge is 0.356 e. The monoisotopic (exact) mass is 483 g/mol. The van der Waals surface area contributed by atoms with Crippen molar-refractivity contribution in [2.45, 2.75) is 26.2 Å². The number of aromatic nitrogens is 1. The van der Waals surface area contributed by atoms with Crippen molar-refractivity contribution in [3.05, 3.63) is 88.2 Å². The quantitative estimate of drug-likeness (QED) is 0.395. The van der Waals surface area contributed by atoms with Gasteiger partial charge in [-0.05, 0) is 48.6 Å². The molecule has 0 saturated carbocycles. The molecule has 1 aliphatic rings. The van der Waals surface area contributed by atoms with Gasteiger partial charge in [0.05, 0.1) is 10.7 Å². The summed E-state index contributed by atoms with van der Waals surface area (Å²) in [5.41, 5.74) is 4.06. The van der Waals surface area contributed by atoms with Crippen LogP contribution in [0.4, 0.5) is 0 Å². The highest BCUT2D eigenvalue weighted by Crippen LogP contribution is 2.24. The highest BCUT2D eigenvalue weighted by atomic mass is 32.1. The standard InChI is InChI=1S/C29H29N3O2S/c1-20-31-27(19-35-20)23-11-9-21(10-12-23)13-16-30-28(33)24-14-17-32(18-15-24)29(34)26-8-4-6-22-5-2-3-7-25(22)26/h2-12,19,24H,13-18H2,1H3,(H,30,33). The van der Waals surface area contributed by atoms with Gasteiger partial charge in [0.2, 0.25) is 5.91 Å². The molecule has 2 amide bonds. The van der Waals surface area contributed by atoms with Gasteiger partial charge in [-0.1, -0.05) is 60.7 Å². The summed E-state index contributed by atoms with van der Waals surface area (Å²) in [5.74, 6) is 0.107. The summed E-state index contributed by atoms with van der Waals surface area (Å²) >= 11 is 1.65. The van der Waals surface area contributed by atoms with Crippen molar-refractivity contribution in [2.24, 2.45) is 5.92 Å². The van der Waals surface area contributed by atoms with Crippen molar-refractivity contribution in [1.82, 2.24) is 15.2 Å². The molecule has 35 heavy (non-hydrogen) atoms. The van der Waals surface area contributed by atoms with Gasteiger partial charge in [0.1, 0.15) is 0 Å². The maximum atomic E-state index is 13.2. The lowest BCUT2D eigenvalue weighted by Crippen LogP contribution is -2.43. The molecular formula is C29H29N3O2S. The molecule has 2 heterocycles. The Morgan fingerprint density at radius 3 is 2.49 bits per heavy atom. The molecule has 1 fully saturated rings. The summed E-state index contributed by atoms with van der Waals surface area (Å²) in [7, 11) is 0. The Labute approximate surface area is 209 Å². The number of carbonyl (C=O) groups excluding carboxylic acids is 2. The van der Waals surface area contributed by atoms with Gasteiger partial charge < -0.3 is 10.2 Å². The third-order valence-corrected chi connectivity index (χ3v) is 7.53. The molecule has 0 aliphatic carbocycles. The molecule has 6 heteroatoms. The third kappa shape index (κ3) is 5.28. The van der Waals surface area contributed by atoms with E-state index in [-0.39, 0.29) is 17.7 Å². The van der Waals surface area contributed by atoms with E-state index in [0.717, 1.165) is 39.0 Å². The lowest BCUT2D eigenvalue weighted by Gasteiger charge is -2.31. The van der Waals surface area contributed by atoms with Gasteiger partial charge in [-0.3, -0.25) is 9.59 Å². The van der Waals surface area contributed by atoms with Crippen molar-refractivity contribution in [3.63, 3.8) is 0 Å². The highest BCUT2D eigenvalue weighted by Gasteiger charge is 2.28. The van der Waals surface area contributed by atoms with Crippen LogP contribution in [-0.4, -0.2) is 41.3 Å². The third-order valence-electron chi connectivity index (χ3n) is 6.75. The van der Waals surface area contributed by atoms with Crippen molar-refractivity contribution in [1.29, 1.82) is 0 Å². The molecule has 4 aromatic rings. The predicted octanol–water partition coefficient (Wildman–Crippen LogP) is 5.48. The molecular weight excluding hydrogens is 454 g/mol. The fraction of sp³-hybridized carbons (Fsp3) is 0.276. The van der Waals surface area contributed by atoms with Crippen molar-refractivity contribution in [3.8, 4) is 11.3 Å². The van der Waals surface area contributed by atoms with E-state index in [9.17, 15) is 9.59 Å². The number of hydrogen-bond donors (Lipinski definition) is 1. The molecule has 0 spiro atoms. The van der Waals surface area contributed by atoms with E-state index in [1.807, 2.05) is 54.3 Å². The average Bonchev–Trinajstić information content (AvgIpc) is 3.34. The predicted molar refractivity (Wildman–Crippen MR) is 142 cm³/mol. The fourth-order valence-electron chi connectivity index (χ4n) is 4.74. The number of thiazole rings is 1. The van der Waals surface area contributed by atoms with Crippen LogP contribution in [0.3, 0.4) is 0 Å². The molecule has 0 radical (unpaired) electrons. The van der Waals surface area contributed by atoms with Crippen LogP contribution in [0.15, 0.2) is 72.1 Å². The second-order valence-corrected chi connectivity index (χ2v) is 10.1. The minimum atomic E-state index is -0.0400. The smallest absolute Gasteiger partial charge is 0.254 e. The van der Waals surface area contributed by atoms with Crippen LogP contribution in [0.25, 0.3) is 22.0 Å².